The first-order chi connectivity index (χ1) is 11.8. The normalized spacial score (nSPS) is 12.5. The van der Waals surface area contributed by atoms with E-state index in [0.29, 0.717) is 11.1 Å². The minimum absolute atomic E-state index is 0.0567. The number of carboxylic acid groups (broad SMARTS) is 1. The first-order valence-corrected chi connectivity index (χ1v) is 9.38. The van der Waals surface area contributed by atoms with Crippen LogP contribution in [0.25, 0.3) is 0 Å². The zero-order chi connectivity index (χ0) is 18.4. The highest BCUT2D eigenvalue weighted by molar-refractivity contribution is 7.88. The predicted octanol–water partition coefficient (Wildman–Crippen LogP) is 2.02. The van der Waals surface area contributed by atoms with Gasteiger partial charge in [-0.15, -0.1) is 0 Å². The van der Waals surface area contributed by atoms with Crippen LogP contribution in [0.4, 0.5) is 0 Å². The molecule has 0 spiro atoms. The molecule has 1 N–H and O–H groups in total. The largest absolute Gasteiger partial charge is 0.480 e. The molecule has 6 nitrogen and oxygen atoms in total. The monoisotopic (exact) mass is 358 g/mol. The fraction of sp³-hybridized carbons (Fsp3) is 0.222. The minimum Gasteiger partial charge on any atom is -0.480 e. The summed E-state index contributed by atoms with van der Waals surface area (Å²) >= 11 is 0. The van der Waals surface area contributed by atoms with E-state index in [-0.39, 0.29) is 13.0 Å². The van der Waals surface area contributed by atoms with Crippen LogP contribution >= 0.6 is 0 Å². The van der Waals surface area contributed by atoms with Crippen LogP contribution in [0.5, 0.6) is 0 Å². The Kier molecular flexibility index (Phi) is 5.91. The van der Waals surface area contributed by atoms with Crippen molar-refractivity contribution in [2.24, 2.45) is 0 Å². The van der Waals surface area contributed by atoms with Crippen LogP contribution in [0.1, 0.15) is 16.7 Å². The molecule has 0 aliphatic heterocycles. The standard InChI is InChI=1S/C18H18N2O4S/c1-25(23,24)20(13-16-9-5-8-15(10-16)12-19)17(18(21)22)11-14-6-3-2-4-7-14/h2-10,17H,11,13H2,1H3,(H,21,22). The first-order valence-electron chi connectivity index (χ1n) is 7.54. The van der Waals surface area contributed by atoms with Crippen LogP contribution in [0.3, 0.4) is 0 Å². The van der Waals surface area contributed by atoms with Crippen molar-refractivity contribution >= 4 is 16.0 Å². The molecule has 0 bridgehead atoms. The van der Waals surface area contributed by atoms with Crippen molar-refractivity contribution in [3.8, 4) is 6.07 Å². The third-order valence-corrected chi connectivity index (χ3v) is 4.96. The summed E-state index contributed by atoms with van der Waals surface area (Å²) in [7, 11) is -3.78. The summed E-state index contributed by atoms with van der Waals surface area (Å²) in [6.07, 6.45) is 1.04. The molecule has 2 rings (SSSR count). The van der Waals surface area contributed by atoms with Gasteiger partial charge in [-0.25, -0.2) is 8.42 Å². The number of sulfonamides is 1. The van der Waals surface area contributed by atoms with Gasteiger partial charge in [0.05, 0.1) is 17.9 Å². The molecule has 25 heavy (non-hydrogen) atoms. The maximum absolute atomic E-state index is 12.2. The summed E-state index contributed by atoms with van der Waals surface area (Å²) in [4.78, 5) is 11.7. The quantitative estimate of drug-likeness (QED) is 0.816. The molecule has 0 saturated heterocycles. The highest BCUT2D eigenvalue weighted by Crippen LogP contribution is 2.18. The summed E-state index contributed by atoms with van der Waals surface area (Å²) < 4.78 is 25.4. The predicted molar refractivity (Wildman–Crippen MR) is 93.1 cm³/mol. The van der Waals surface area contributed by atoms with Crippen LogP contribution in [0, 0.1) is 11.3 Å². The summed E-state index contributed by atoms with van der Waals surface area (Å²) in [5.41, 5.74) is 1.68. The minimum atomic E-state index is -3.78. The Hall–Kier alpha value is -2.69. The van der Waals surface area contributed by atoms with Crippen molar-refractivity contribution in [3.05, 3.63) is 71.3 Å². The van der Waals surface area contributed by atoms with Crippen molar-refractivity contribution in [1.82, 2.24) is 4.31 Å². The highest BCUT2D eigenvalue weighted by atomic mass is 32.2. The van der Waals surface area contributed by atoms with E-state index in [1.165, 1.54) is 0 Å². The molecule has 130 valence electrons. The molecule has 1 unspecified atom stereocenters. The van der Waals surface area contributed by atoms with Crippen molar-refractivity contribution in [3.63, 3.8) is 0 Å². The van der Waals surface area contributed by atoms with E-state index >= 15 is 0 Å². The molecule has 0 aromatic heterocycles. The second kappa shape index (κ2) is 7.92. The molecule has 0 aliphatic carbocycles. The summed E-state index contributed by atoms with van der Waals surface area (Å²) in [6, 6.07) is 16.1. The van der Waals surface area contributed by atoms with E-state index in [2.05, 4.69) is 0 Å². The molecule has 0 aliphatic rings. The van der Waals surface area contributed by atoms with Crippen molar-refractivity contribution < 1.29 is 18.3 Å². The van der Waals surface area contributed by atoms with Gasteiger partial charge in [0.25, 0.3) is 0 Å². The van der Waals surface area contributed by atoms with Crippen molar-refractivity contribution in [1.29, 1.82) is 5.26 Å². The lowest BCUT2D eigenvalue weighted by Gasteiger charge is -2.27. The smallest absolute Gasteiger partial charge is 0.322 e. The Morgan fingerprint density at radius 3 is 2.36 bits per heavy atom. The van der Waals surface area contributed by atoms with Crippen LogP contribution in [-0.2, 0) is 27.8 Å². The SMILES string of the molecule is CS(=O)(=O)N(Cc1cccc(C#N)c1)C(Cc1ccccc1)C(=O)O. The highest BCUT2D eigenvalue weighted by Gasteiger charge is 2.32. The number of benzene rings is 2. The van der Waals surface area contributed by atoms with E-state index in [1.807, 2.05) is 6.07 Å². The zero-order valence-electron chi connectivity index (χ0n) is 13.7. The lowest BCUT2D eigenvalue weighted by Crippen LogP contribution is -2.45. The Labute approximate surface area is 147 Å². The molecule has 0 amide bonds. The molecular formula is C18H18N2O4S. The molecule has 0 saturated carbocycles. The topological polar surface area (TPSA) is 98.5 Å². The Morgan fingerprint density at radius 1 is 1.16 bits per heavy atom. The van der Waals surface area contributed by atoms with Gasteiger partial charge < -0.3 is 5.11 Å². The average Bonchev–Trinajstić information content (AvgIpc) is 2.58. The summed E-state index contributed by atoms with van der Waals surface area (Å²) in [6.45, 7) is -0.113. The van der Waals surface area contributed by atoms with Crippen LogP contribution in [0.15, 0.2) is 54.6 Å². The van der Waals surface area contributed by atoms with Crippen molar-refractivity contribution in [2.45, 2.75) is 19.0 Å². The molecule has 0 heterocycles. The number of nitriles is 1. The van der Waals surface area contributed by atoms with Gasteiger partial charge in [-0.1, -0.05) is 42.5 Å². The Morgan fingerprint density at radius 2 is 1.80 bits per heavy atom. The number of aliphatic carboxylic acids is 1. The van der Waals surface area contributed by atoms with Crippen molar-refractivity contribution in [2.75, 3.05) is 6.26 Å². The molecule has 1 atom stereocenters. The van der Waals surface area contributed by atoms with Gasteiger partial charge in [0.1, 0.15) is 6.04 Å². The van der Waals surface area contributed by atoms with Gasteiger partial charge in [0.2, 0.25) is 10.0 Å². The van der Waals surface area contributed by atoms with Gasteiger partial charge in [0.15, 0.2) is 0 Å². The molecule has 7 heteroatoms. The number of hydrogen-bond donors (Lipinski definition) is 1. The Bertz CT molecular complexity index is 889. The number of nitrogens with zero attached hydrogens (tertiary/aromatic N) is 2. The molecule has 2 aromatic carbocycles. The van der Waals surface area contributed by atoms with E-state index in [4.69, 9.17) is 5.26 Å². The molecular weight excluding hydrogens is 340 g/mol. The number of carbonyl (C=O) groups is 1. The third kappa shape index (κ3) is 5.14. The maximum atomic E-state index is 12.2. The van der Waals surface area contributed by atoms with Gasteiger partial charge in [-0.05, 0) is 29.7 Å². The van der Waals surface area contributed by atoms with E-state index in [0.717, 1.165) is 16.1 Å². The van der Waals surface area contributed by atoms with Gasteiger partial charge in [-0.3, -0.25) is 4.79 Å². The molecule has 2 aromatic rings. The third-order valence-electron chi connectivity index (χ3n) is 3.73. The van der Waals surface area contributed by atoms with Crippen LogP contribution in [-0.4, -0.2) is 36.1 Å². The Balaban J connectivity index is 2.36. The fourth-order valence-electron chi connectivity index (χ4n) is 2.53. The first kappa shape index (κ1) is 18.6. The molecule has 0 fully saturated rings. The van der Waals surface area contributed by atoms with E-state index < -0.39 is 22.0 Å². The fourth-order valence-corrected chi connectivity index (χ4v) is 3.54. The van der Waals surface area contributed by atoms with E-state index in [9.17, 15) is 18.3 Å². The lowest BCUT2D eigenvalue weighted by molar-refractivity contribution is -0.141. The van der Waals surface area contributed by atoms with Gasteiger partial charge in [-0.2, -0.15) is 9.57 Å². The van der Waals surface area contributed by atoms with Crippen LogP contribution < -0.4 is 0 Å². The average molecular weight is 358 g/mol. The van der Waals surface area contributed by atoms with Gasteiger partial charge >= 0.3 is 5.97 Å². The number of carboxylic acids is 1. The summed E-state index contributed by atoms with van der Waals surface area (Å²) in [5.74, 6) is -1.22. The van der Waals surface area contributed by atoms with E-state index in [1.54, 1.807) is 54.6 Å². The van der Waals surface area contributed by atoms with Crippen LogP contribution in [0.2, 0.25) is 0 Å². The van der Waals surface area contributed by atoms with Gasteiger partial charge in [0, 0.05) is 6.54 Å². The molecule has 0 radical (unpaired) electrons. The summed E-state index contributed by atoms with van der Waals surface area (Å²) in [5, 5.41) is 18.6. The lowest BCUT2D eigenvalue weighted by atomic mass is 10.1. The second-order valence-corrected chi connectivity index (χ2v) is 7.60. The number of rotatable bonds is 7. The maximum Gasteiger partial charge on any atom is 0.322 e. The zero-order valence-corrected chi connectivity index (χ0v) is 14.5. The second-order valence-electron chi connectivity index (χ2n) is 5.66. The number of hydrogen-bond acceptors (Lipinski definition) is 4.